The maximum Gasteiger partial charge on any atom is 0.244 e. The molecule has 0 aromatic heterocycles. The van der Waals surface area contributed by atoms with Crippen molar-refractivity contribution in [2.75, 3.05) is 20.3 Å². The quantitative estimate of drug-likeness (QED) is 0.521. The molecule has 0 spiro atoms. The zero-order valence-corrected chi connectivity index (χ0v) is 16.4. The molecular formula is C20H23ClN2O4. The number of hydrogen-bond acceptors (Lipinski definition) is 5. The zero-order chi connectivity index (χ0) is 19.6. The molecule has 0 aliphatic heterocycles. The summed E-state index contributed by atoms with van der Waals surface area (Å²) in [4.78, 5) is 12.0. The van der Waals surface area contributed by atoms with Crippen LogP contribution in [0, 0.1) is 0 Å². The minimum atomic E-state index is -0.222. The van der Waals surface area contributed by atoms with Gasteiger partial charge in [-0.3, -0.25) is 4.79 Å². The number of nitrogens with zero attached hydrogens (tertiary/aromatic N) is 1. The smallest absolute Gasteiger partial charge is 0.244 e. The summed E-state index contributed by atoms with van der Waals surface area (Å²) in [5.41, 5.74) is 4.06. The molecular weight excluding hydrogens is 368 g/mol. The average Bonchev–Trinajstić information content (AvgIpc) is 2.64. The van der Waals surface area contributed by atoms with E-state index in [-0.39, 0.29) is 12.3 Å². The van der Waals surface area contributed by atoms with E-state index in [4.69, 9.17) is 25.8 Å². The lowest BCUT2D eigenvalue weighted by atomic mass is 10.1. The van der Waals surface area contributed by atoms with Crippen LogP contribution < -0.4 is 19.6 Å². The van der Waals surface area contributed by atoms with Gasteiger partial charge in [-0.05, 0) is 49.2 Å². The van der Waals surface area contributed by atoms with E-state index in [1.807, 2.05) is 38.1 Å². The van der Waals surface area contributed by atoms with Crippen molar-refractivity contribution in [1.82, 2.24) is 5.43 Å². The first kappa shape index (κ1) is 20.6. The van der Waals surface area contributed by atoms with E-state index in [2.05, 4.69) is 10.5 Å². The largest absolute Gasteiger partial charge is 0.494 e. The molecule has 0 bridgehead atoms. The molecule has 0 heterocycles. The van der Waals surface area contributed by atoms with Crippen LogP contribution in [0.4, 0.5) is 0 Å². The summed E-state index contributed by atoms with van der Waals surface area (Å²) in [5.74, 6) is 1.55. The summed E-state index contributed by atoms with van der Waals surface area (Å²) in [5, 5.41) is 4.39. The van der Waals surface area contributed by atoms with Crippen molar-refractivity contribution in [2.45, 2.75) is 20.3 Å². The van der Waals surface area contributed by atoms with Gasteiger partial charge in [-0.1, -0.05) is 23.7 Å². The van der Waals surface area contributed by atoms with Gasteiger partial charge in [0.1, 0.15) is 5.75 Å². The lowest BCUT2D eigenvalue weighted by Crippen LogP contribution is -2.19. The van der Waals surface area contributed by atoms with Gasteiger partial charge in [0.15, 0.2) is 11.5 Å². The number of halogens is 1. The van der Waals surface area contributed by atoms with Crippen molar-refractivity contribution in [3.05, 3.63) is 52.5 Å². The highest BCUT2D eigenvalue weighted by molar-refractivity contribution is 6.32. The van der Waals surface area contributed by atoms with Crippen LogP contribution in [0.5, 0.6) is 17.2 Å². The summed E-state index contributed by atoms with van der Waals surface area (Å²) < 4.78 is 16.1. The van der Waals surface area contributed by atoms with Crippen molar-refractivity contribution in [3.63, 3.8) is 0 Å². The van der Waals surface area contributed by atoms with Crippen molar-refractivity contribution >= 4 is 23.7 Å². The molecule has 6 nitrogen and oxygen atoms in total. The highest BCUT2D eigenvalue weighted by Crippen LogP contribution is 2.35. The van der Waals surface area contributed by atoms with Crippen LogP contribution >= 0.6 is 11.6 Å². The Hall–Kier alpha value is -2.73. The molecule has 0 unspecified atom stereocenters. The standard InChI is InChI=1S/C20H23ClN2O4/c1-4-26-16-8-6-14(7-9-16)12-19(24)23-22-13-15-10-17(21)20(25-3)18(11-15)27-5-2/h6-11,13H,4-5,12H2,1-3H3,(H,23,24)/b22-13-. The molecule has 0 saturated carbocycles. The summed E-state index contributed by atoms with van der Waals surface area (Å²) in [7, 11) is 1.53. The van der Waals surface area contributed by atoms with Gasteiger partial charge in [0, 0.05) is 0 Å². The normalized spacial score (nSPS) is 10.7. The molecule has 1 amide bonds. The third kappa shape index (κ3) is 6.18. The number of hydrazone groups is 1. The second kappa shape index (κ2) is 10.4. The van der Waals surface area contributed by atoms with Crippen molar-refractivity contribution in [1.29, 1.82) is 0 Å². The number of benzene rings is 2. The van der Waals surface area contributed by atoms with Crippen molar-refractivity contribution < 1.29 is 19.0 Å². The molecule has 7 heteroatoms. The highest BCUT2D eigenvalue weighted by Gasteiger charge is 2.10. The van der Waals surface area contributed by atoms with Gasteiger partial charge in [-0.2, -0.15) is 5.10 Å². The number of ether oxygens (including phenoxy) is 3. The Morgan fingerprint density at radius 3 is 2.48 bits per heavy atom. The van der Waals surface area contributed by atoms with Gasteiger partial charge in [-0.15, -0.1) is 0 Å². The van der Waals surface area contributed by atoms with Gasteiger partial charge in [0.05, 0.1) is 38.0 Å². The molecule has 2 aromatic rings. The molecule has 0 atom stereocenters. The van der Waals surface area contributed by atoms with E-state index >= 15 is 0 Å². The van der Waals surface area contributed by atoms with Crippen LogP contribution in [0.1, 0.15) is 25.0 Å². The third-order valence-electron chi connectivity index (χ3n) is 3.54. The Kier molecular flexibility index (Phi) is 7.95. The van der Waals surface area contributed by atoms with E-state index < -0.39 is 0 Å². The molecule has 0 radical (unpaired) electrons. The van der Waals surface area contributed by atoms with Crippen LogP contribution in [-0.4, -0.2) is 32.4 Å². The first-order chi connectivity index (χ1) is 13.1. The number of methoxy groups -OCH3 is 1. The van der Waals surface area contributed by atoms with Crippen LogP contribution in [0.2, 0.25) is 5.02 Å². The zero-order valence-electron chi connectivity index (χ0n) is 15.6. The van der Waals surface area contributed by atoms with Gasteiger partial charge in [0.2, 0.25) is 5.91 Å². The number of rotatable bonds is 9. The molecule has 144 valence electrons. The second-order valence-corrected chi connectivity index (χ2v) is 5.92. The average molecular weight is 391 g/mol. The maximum atomic E-state index is 12.0. The predicted octanol–water partition coefficient (Wildman–Crippen LogP) is 3.84. The molecule has 0 aliphatic carbocycles. The fourth-order valence-corrected chi connectivity index (χ4v) is 2.69. The van der Waals surface area contributed by atoms with Gasteiger partial charge >= 0.3 is 0 Å². The lowest BCUT2D eigenvalue weighted by molar-refractivity contribution is -0.120. The monoisotopic (exact) mass is 390 g/mol. The van der Waals surface area contributed by atoms with Crippen LogP contribution in [-0.2, 0) is 11.2 Å². The Morgan fingerprint density at radius 1 is 1.15 bits per heavy atom. The highest BCUT2D eigenvalue weighted by atomic mass is 35.5. The fraction of sp³-hybridized carbons (Fsp3) is 0.300. The summed E-state index contributed by atoms with van der Waals surface area (Å²) in [6, 6.07) is 10.8. The first-order valence-electron chi connectivity index (χ1n) is 8.61. The molecule has 27 heavy (non-hydrogen) atoms. The number of hydrogen-bond donors (Lipinski definition) is 1. The second-order valence-electron chi connectivity index (χ2n) is 5.51. The molecule has 0 aliphatic rings. The van der Waals surface area contributed by atoms with Crippen LogP contribution in [0.3, 0.4) is 0 Å². The van der Waals surface area contributed by atoms with E-state index in [1.165, 1.54) is 13.3 Å². The lowest BCUT2D eigenvalue weighted by Gasteiger charge is -2.11. The Morgan fingerprint density at radius 2 is 1.85 bits per heavy atom. The van der Waals surface area contributed by atoms with Crippen molar-refractivity contribution in [2.24, 2.45) is 5.10 Å². The van der Waals surface area contributed by atoms with Crippen molar-refractivity contribution in [3.8, 4) is 17.2 Å². The Bertz CT molecular complexity index is 791. The topological polar surface area (TPSA) is 69.2 Å². The fourth-order valence-electron chi connectivity index (χ4n) is 2.40. The maximum absolute atomic E-state index is 12.0. The Labute approximate surface area is 164 Å². The number of carbonyl (C=O) groups is 1. The minimum Gasteiger partial charge on any atom is -0.494 e. The van der Waals surface area contributed by atoms with Crippen LogP contribution in [0.15, 0.2) is 41.5 Å². The Balaban J connectivity index is 1.97. The molecule has 0 saturated heterocycles. The first-order valence-corrected chi connectivity index (χ1v) is 8.99. The predicted molar refractivity (Wildman–Crippen MR) is 106 cm³/mol. The van der Waals surface area contributed by atoms with Gasteiger partial charge in [0.25, 0.3) is 0 Å². The molecule has 2 aromatic carbocycles. The third-order valence-corrected chi connectivity index (χ3v) is 3.82. The molecule has 1 N–H and O–H groups in total. The number of amides is 1. The van der Waals surface area contributed by atoms with Gasteiger partial charge in [-0.25, -0.2) is 5.43 Å². The van der Waals surface area contributed by atoms with Gasteiger partial charge < -0.3 is 14.2 Å². The van der Waals surface area contributed by atoms with E-state index in [0.29, 0.717) is 35.3 Å². The van der Waals surface area contributed by atoms with Crippen LogP contribution in [0.25, 0.3) is 0 Å². The summed E-state index contributed by atoms with van der Waals surface area (Å²) in [6.45, 7) is 4.88. The van der Waals surface area contributed by atoms with E-state index in [9.17, 15) is 4.79 Å². The summed E-state index contributed by atoms with van der Waals surface area (Å²) in [6.07, 6.45) is 1.72. The SMILES string of the molecule is CCOc1ccc(CC(=O)N/N=C\c2cc(Cl)c(OC)c(OCC)c2)cc1. The minimum absolute atomic E-state index is 0.220. The number of nitrogens with one attached hydrogen (secondary N) is 1. The molecule has 0 fully saturated rings. The van der Waals surface area contributed by atoms with E-state index in [0.717, 1.165) is 11.3 Å². The molecule has 2 rings (SSSR count). The summed E-state index contributed by atoms with van der Waals surface area (Å²) >= 11 is 6.19. The number of carbonyl (C=O) groups excluding carboxylic acids is 1. The van der Waals surface area contributed by atoms with E-state index in [1.54, 1.807) is 12.1 Å².